The number of allylic oxidation sites excluding steroid dienone is 3. The van der Waals surface area contributed by atoms with E-state index in [0.29, 0.717) is 0 Å². The van der Waals surface area contributed by atoms with Gasteiger partial charge < -0.3 is 5.32 Å². The van der Waals surface area contributed by atoms with Gasteiger partial charge in [0.15, 0.2) is 0 Å². The van der Waals surface area contributed by atoms with Crippen LogP contribution < -0.4 is 5.32 Å². The lowest BCUT2D eigenvalue weighted by Crippen LogP contribution is -1.84. The second-order valence-corrected chi connectivity index (χ2v) is 2.40. The van der Waals surface area contributed by atoms with E-state index in [9.17, 15) is 0 Å². The molecule has 0 fully saturated rings. The summed E-state index contributed by atoms with van der Waals surface area (Å²) in [6.45, 7) is 1.99. The van der Waals surface area contributed by atoms with E-state index in [0.717, 1.165) is 5.69 Å². The molecule has 0 radical (unpaired) electrons. The third-order valence-corrected chi connectivity index (χ3v) is 1.42. The van der Waals surface area contributed by atoms with Crippen LogP contribution in [0.4, 0.5) is 5.69 Å². The summed E-state index contributed by atoms with van der Waals surface area (Å²) < 4.78 is 0. The molecule has 0 atom stereocenters. The largest absolute Gasteiger partial charge is 0.362 e. The maximum atomic E-state index is 3.15. The van der Waals surface area contributed by atoms with Crippen molar-refractivity contribution < 1.29 is 0 Å². The molecule has 1 aromatic rings. The fourth-order valence-electron chi connectivity index (χ4n) is 0.845. The second-order valence-electron chi connectivity index (χ2n) is 2.40. The molecule has 1 N–H and O–H groups in total. The van der Waals surface area contributed by atoms with Crippen molar-refractivity contribution in [2.45, 2.75) is 6.92 Å². The zero-order chi connectivity index (χ0) is 8.65. The van der Waals surface area contributed by atoms with E-state index in [1.54, 1.807) is 0 Å². The number of anilines is 1. The van der Waals surface area contributed by atoms with Gasteiger partial charge in [-0.25, -0.2) is 0 Å². The average molecular weight is 196 g/mol. The number of para-hydroxylation sites is 1. The summed E-state index contributed by atoms with van der Waals surface area (Å²) >= 11 is 0. The molecule has 0 saturated carbocycles. The summed E-state index contributed by atoms with van der Waals surface area (Å²) in [6.07, 6.45) is 7.85. The van der Waals surface area contributed by atoms with Crippen molar-refractivity contribution in [1.29, 1.82) is 0 Å². The minimum absolute atomic E-state index is 0. The maximum absolute atomic E-state index is 3.15. The standard InChI is InChI=1S/C11H13N.ClH/c1-2-3-7-10-12-11-8-5-4-6-9-11;/h2-10,12H,1H3;1H. The van der Waals surface area contributed by atoms with Crippen LogP contribution in [0.15, 0.2) is 54.8 Å². The van der Waals surface area contributed by atoms with Gasteiger partial charge in [0.25, 0.3) is 0 Å². The normalized spacial score (nSPS) is 10.2. The van der Waals surface area contributed by atoms with Gasteiger partial charge in [-0.1, -0.05) is 30.4 Å². The fraction of sp³-hybridized carbons (Fsp3) is 0.0909. The molecule has 2 heteroatoms. The Morgan fingerprint density at radius 3 is 2.38 bits per heavy atom. The van der Waals surface area contributed by atoms with Crippen molar-refractivity contribution in [2.24, 2.45) is 0 Å². The van der Waals surface area contributed by atoms with Gasteiger partial charge >= 0.3 is 0 Å². The molecule has 0 aromatic heterocycles. The Hall–Kier alpha value is -1.21. The van der Waals surface area contributed by atoms with Crippen LogP contribution in [0, 0.1) is 0 Å². The van der Waals surface area contributed by atoms with Gasteiger partial charge in [0.1, 0.15) is 0 Å². The van der Waals surface area contributed by atoms with E-state index in [2.05, 4.69) is 5.32 Å². The average Bonchev–Trinajstić information content (AvgIpc) is 2.14. The van der Waals surface area contributed by atoms with E-state index < -0.39 is 0 Å². The predicted molar refractivity (Wildman–Crippen MR) is 61.3 cm³/mol. The summed E-state index contributed by atoms with van der Waals surface area (Å²) in [5.41, 5.74) is 1.11. The summed E-state index contributed by atoms with van der Waals surface area (Å²) in [4.78, 5) is 0. The Bertz CT molecular complexity index is 265. The van der Waals surface area contributed by atoms with Gasteiger partial charge in [-0.2, -0.15) is 0 Å². The zero-order valence-electron chi connectivity index (χ0n) is 7.60. The van der Waals surface area contributed by atoms with Crippen LogP contribution in [0.25, 0.3) is 0 Å². The molecule has 0 bridgehead atoms. The number of hydrogen-bond donors (Lipinski definition) is 1. The first-order chi connectivity index (χ1) is 5.93. The lowest BCUT2D eigenvalue weighted by Gasteiger charge is -1.96. The van der Waals surface area contributed by atoms with Gasteiger partial charge in [-0.3, -0.25) is 0 Å². The van der Waals surface area contributed by atoms with Crippen LogP contribution in [0.5, 0.6) is 0 Å². The predicted octanol–water partition coefficient (Wildman–Crippen LogP) is 3.61. The van der Waals surface area contributed by atoms with Crippen molar-refractivity contribution >= 4 is 18.1 Å². The third kappa shape index (κ3) is 5.10. The van der Waals surface area contributed by atoms with Crippen LogP contribution in [0.2, 0.25) is 0 Å². The molecule has 1 aromatic carbocycles. The van der Waals surface area contributed by atoms with Crippen LogP contribution in [0.1, 0.15) is 6.92 Å². The van der Waals surface area contributed by atoms with Gasteiger partial charge in [-0.15, -0.1) is 12.4 Å². The summed E-state index contributed by atoms with van der Waals surface area (Å²) in [6, 6.07) is 10.1. The smallest absolute Gasteiger partial charge is 0.0379 e. The molecule has 0 spiro atoms. The van der Waals surface area contributed by atoms with Crippen LogP contribution >= 0.6 is 12.4 Å². The van der Waals surface area contributed by atoms with Gasteiger partial charge in [0.05, 0.1) is 0 Å². The Morgan fingerprint density at radius 2 is 1.77 bits per heavy atom. The highest BCUT2D eigenvalue weighted by Crippen LogP contribution is 2.03. The number of halogens is 1. The van der Waals surface area contributed by atoms with Crippen LogP contribution in [-0.2, 0) is 0 Å². The zero-order valence-corrected chi connectivity index (χ0v) is 8.42. The van der Waals surface area contributed by atoms with Gasteiger partial charge in [-0.05, 0) is 25.1 Å². The van der Waals surface area contributed by atoms with Crippen molar-refractivity contribution in [3.8, 4) is 0 Å². The van der Waals surface area contributed by atoms with Gasteiger partial charge in [0.2, 0.25) is 0 Å². The first-order valence-electron chi connectivity index (χ1n) is 4.03. The first-order valence-corrected chi connectivity index (χ1v) is 4.03. The van der Waals surface area contributed by atoms with Crippen LogP contribution in [-0.4, -0.2) is 0 Å². The molecule has 1 rings (SSSR count). The van der Waals surface area contributed by atoms with Crippen molar-refractivity contribution in [3.63, 3.8) is 0 Å². The van der Waals surface area contributed by atoms with Crippen molar-refractivity contribution in [3.05, 3.63) is 54.8 Å². The SMILES string of the molecule is CC=CC=CNc1ccccc1.Cl. The molecule has 0 aliphatic heterocycles. The molecule has 0 amide bonds. The summed E-state index contributed by atoms with van der Waals surface area (Å²) in [5, 5.41) is 3.15. The Balaban J connectivity index is 0.00000144. The molecule has 0 saturated heterocycles. The lowest BCUT2D eigenvalue weighted by atomic mass is 10.3. The third-order valence-electron chi connectivity index (χ3n) is 1.42. The van der Waals surface area contributed by atoms with E-state index in [-0.39, 0.29) is 12.4 Å². The first kappa shape index (κ1) is 11.8. The molecular weight excluding hydrogens is 182 g/mol. The second kappa shape index (κ2) is 7.44. The van der Waals surface area contributed by atoms with Crippen molar-refractivity contribution in [2.75, 3.05) is 5.32 Å². The minimum Gasteiger partial charge on any atom is -0.362 e. The Kier molecular flexibility index (Phi) is 6.75. The molecule has 0 aliphatic rings. The fourth-order valence-corrected chi connectivity index (χ4v) is 0.845. The highest BCUT2D eigenvalue weighted by molar-refractivity contribution is 5.85. The Morgan fingerprint density at radius 1 is 1.08 bits per heavy atom. The highest BCUT2D eigenvalue weighted by atomic mass is 35.5. The molecule has 0 unspecified atom stereocenters. The molecular formula is C11H14ClN. The monoisotopic (exact) mass is 195 g/mol. The van der Waals surface area contributed by atoms with Crippen LogP contribution in [0.3, 0.4) is 0 Å². The van der Waals surface area contributed by atoms with E-state index in [1.165, 1.54) is 0 Å². The number of hydrogen-bond acceptors (Lipinski definition) is 1. The molecule has 0 heterocycles. The number of rotatable bonds is 3. The van der Waals surface area contributed by atoms with Crippen molar-refractivity contribution in [1.82, 2.24) is 0 Å². The molecule has 0 aliphatic carbocycles. The lowest BCUT2D eigenvalue weighted by molar-refractivity contribution is 1.58. The summed E-state index contributed by atoms with van der Waals surface area (Å²) in [7, 11) is 0. The van der Waals surface area contributed by atoms with E-state index in [1.807, 2.05) is 61.7 Å². The van der Waals surface area contributed by atoms with E-state index >= 15 is 0 Å². The van der Waals surface area contributed by atoms with Gasteiger partial charge in [0, 0.05) is 11.9 Å². The highest BCUT2D eigenvalue weighted by Gasteiger charge is 1.81. The molecule has 13 heavy (non-hydrogen) atoms. The van der Waals surface area contributed by atoms with E-state index in [4.69, 9.17) is 0 Å². The topological polar surface area (TPSA) is 12.0 Å². The summed E-state index contributed by atoms with van der Waals surface area (Å²) in [5.74, 6) is 0. The Labute approximate surface area is 85.6 Å². The molecule has 70 valence electrons. The maximum Gasteiger partial charge on any atom is 0.0379 e. The minimum atomic E-state index is 0. The molecule has 1 nitrogen and oxygen atoms in total. The number of nitrogens with one attached hydrogen (secondary N) is 1. The number of benzene rings is 1. The quantitative estimate of drug-likeness (QED) is 0.727.